The molecule has 26 aromatic rings. The Morgan fingerprint density at radius 3 is 0.849 bits per heavy atom. The summed E-state index contributed by atoms with van der Waals surface area (Å²) in [5.74, 6) is -0.692. The van der Waals surface area contributed by atoms with Gasteiger partial charge < -0.3 is 30.3 Å². The second-order valence-electron chi connectivity index (χ2n) is 32.7. The number of rotatable bonds is 8. The maximum Gasteiger partial charge on any atom is 0.264 e. The van der Waals surface area contributed by atoms with E-state index in [1.54, 1.807) is 27.7 Å². The van der Waals surface area contributed by atoms with Gasteiger partial charge in [0.05, 0.1) is 126 Å². The number of aromatic nitrogens is 12. The Kier molecular flexibility index (Phi) is 15.2. The van der Waals surface area contributed by atoms with Crippen molar-refractivity contribution in [2.24, 2.45) is 0 Å². The minimum Gasteiger partial charge on any atom is -0.494 e. The zero-order valence-corrected chi connectivity index (χ0v) is 68.2. The van der Waals surface area contributed by atoms with Gasteiger partial charge in [0.15, 0.2) is 0 Å². The Labute approximate surface area is 704 Å². The van der Waals surface area contributed by atoms with Crippen LogP contribution in [0.1, 0.15) is 64.8 Å². The number of nitrogens with one attached hydrogen (secondary N) is 3. The van der Waals surface area contributed by atoms with Gasteiger partial charge in [0, 0.05) is 140 Å². The van der Waals surface area contributed by atoms with Gasteiger partial charge in [-0.1, -0.05) is 170 Å². The van der Waals surface area contributed by atoms with E-state index in [2.05, 4.69) is 15.0 Å². The second-order valence-corrected chi connectivity index (χ2v) is 32.7. The van der Waals surface area contributed by atoms with E-state index >= 15 is 14.4 Å². The lowest BCUT2D eigenvalue weighted by molar-refractivity contribution is 0.404. The predicted octanol–water partition coefficient (Wildman–Crippen LogP) is 17.5. The summed E-state index contributed by atoms with van der Waals surface area (Å²) < 4.78 is 7.93. The molecule has 24 nitrogen and oxygen atoms in total. The second kappa shape index (κ2) is 26.0. The molecule has 0 aliphatic carbocycles. The SMILES string of the molecule is CC(c1ccccc1)n1c(O)c2c3nc4ccccc4c3c3c(=O)n(C(C)c4ccccc4)c(=O)c4c5[nH]c6ccccc6c5c(c1=O)c2c43.CCn1c(O)c2c3nc4ccccc4c3c3c(=O)n(CC)c(=O)c4c5[nH]c6ccccc6c5c(c1=O)c2c43.CCn1c(O)c2c3nc4ccccc4c3c3c(=O)n(CC)c(=O)c4c5[nH]c6ccccc6c5c(c1=O)c2c43. The predicted molar refractivity (Wildman–Crippen MR) is 503 cm³/mol. The summed E-state index contributed by atoms with van der Waals surface area (Å²) >= 11 is 0. The highest BCUT2D eigenvalue weighted by Gasteiger charge is 2.37. The standard InChI is InChI=1S/C42H28N4O4.2C30H20N4O4/c1-21(23-13-5-3-6-14-23)45-39(47)33-29-25-17-9-11-19-27(25)44-38(29)36-32-31(33)35(41(45)49)37-30(26-18-10-12-20-28(26)43-37)34(32)40(48)46(42(36)50)22(2)24-15-7-4-8-16-24;2*1-3-33-27(35)21-17-13-9-5-7-11-15(13)32-26(17)24-20-19(21)23(29(33)37)25-18(14-10-6-8-12-16(14)31-25)22(20)28(36)34(4-2)30(24)38/h3-22,43,50H,1-2H3;2*5-12,31,38H,3-4H2,1-2H3. The molecular formula is C102H68N12O12. The number of aromatic hydroxyl groups is 3. The highest BCUT2D eigenvalue weighted by molar-refractivity contribution is 6.48. The molecule has 12 aromatic heterocycles. The van der Waals surface area contributed by atoms with E-state index in [0.717, 1.165) is 60.0 Å². The number of para-hydroxylation sites is 6. The molecule has 608 valence electrons. The van der Waals surface area contributed by atoms with Crippen LogP contribution in [0.4, 0.5) is 0 Å². The number of nitrogens with zero attached hydrogens (tertiary/aromatic N) is 9. The first-order valence-electron chi connectivity index (χ1n) is 41.9. The molecule has 26 rings (SSSR count). The van der Waals surface area contributed by atoms with Crippen LogP contribution in [0.15, 0.2) is 249 Å². The molecule has 0 bridgehead atoms. The Balaban J connectivity index is 0.000000107. The largest absolute Gasteiger partial charge is 0.494 e. The first-order valence-corrected chi connectivity index (χ1v) is 41.9. The molecule has 2 atom stereocenters. The summed E-state index contributed by atoms with van der Waals surface area (Å²) in [5, 5.41) is 50.1. The van der Waals surface area contributed by atoms with Crippen LogP contribution in [0.25, 0.3) is 228 Å². The highest BCUT2D eigenvalue weighted by Crippen LogP contribution is 2.53. The fourth-order valence-electron chi connectivity index (χ4n) is 21.4. The molecule has 12 heterocycles. The lowest BCUT2D eigenvalue weighted by Gasteiger charge is -2.23. The van der Waals surface area contributed by atoms with Gasteiger partial charge in [0.25, 0.3) is 50.0 Å². The molecule has 0 saturated heterocycles. The Morgan fingerprint density at radius 2 is 0.492 bits per heavy atom. The van der Waals surface area contributed by atoms with Crippen molar-refractivity contribution >= 4 is 228 Å². The van der Waals surface area contributed by atoms with E-state index in [-0.39, 0.29) is 54.9 Å². The first-order chi connectivity index (χ1) is 61.3. The van der Waals surface area contributed by atoms with Crippen LogP contribution in [-0.2, 0) is 26.2 Å². The third-order valence-electron chi connectivity index (χ3n) is 26.8. The molecule has 0 radical (unpaired) electrons. The average Bonchev–Trinajstić information content (AvgIpc) is 1.41. The topological polar surface area (TPSA) is 330 Å². The van der Waals surface area contributed by atoms with Crippen molar-refractivity contribution in [2.45, 2.75) is 79.8 Å². The molecular weight excluding hydrogens is 1590 g/mol. The van der Waals surface area contributed by atoms with Crippen LogP contribution in [0.2, 0.25) is 0 Å². The smallest absolute Gasteiger partial charge is 0.264 e. The average molecular weight is 1650 g/mol. The van der Waals surface area contributed by atoms with Gasteiger partial charge in [0.1, 0.15) is 0 Å². The zero-order valence-electron chi connectivity index (χ0n) is 68.2. The molecule has 24 heteroatoms. The molecule has 0 spiro atoms. The number of aromatic amines is 3. The first kappa shape index (κ1) is 73.4. The third-order valence-corrected chi connectivity index (χ3v) is 26.8. The van der Waals surface area contributed by atoms with Gasteiger partial charge in [-0.15, -0.1) is 0 Å². The number of pyridine rings is 6. The fraction of sp³-hybridized carbons (Fsp3) is 0.118. The van der Waals surface area contributed by atoms with E-state index < -0.39 is 51.0 Å². The molecule has 0 aliphatic heterocycles. The molecule has 14 aromatic carbocycles. The van der Waals surface area contributed by atoms with Crippen LogP contribution in [-0.4, -0.2) is 72.6 Å². The normalized spacial score (nSPS) is 13.0. The van der Waals surface area contributed by atoms with Crippen molar-refractivity contribution in [3.63, 3.8) is 0 Å². The number of hydrogen-bond donors (Lipinski definition) is 6. The minimum absolute atomic E-state index is 0.192. The zero-order chi connectivity index (χ0) is 86.1. The fourth-order valence-corrected chi connectivity index (χ4v) is 21.4. The van der Waals surface area contributed by atoms with Crippen LogP contribution in [0.5, 0.6) is 17.6 Å². The Hall–Kier alpha value is -16.5. The van der Waals surface area contributed by atoms with Crippen LogP contribution in [0, 0.1) is 0 Å². The van der Waals surface area contributed by atoms with Crippen molar-refractivity contribution in [2.75, 3.05) is 0 Å². The molecule has 0 saturated carbocycles. The van der Waals surface area contributed by atoms with E-state index in [4.69, 9.17) is 15.0 Å². The van der Waals surface area contributed by atoms with Crippen molar-refractivity contribution in [3.05, 3.63) is 311 Å². The maximum atomic E-state index is 15.1. The Bertz CT molecular complexity index is 9650. The van der Waals surface area contributed by atoms with Crippen molar-refractivity contribution in [1.82, 2.24) is 57.3 Å². The highest BCUT2D eigenvalue weighted by atomic mass is 16.3. The molecule has 126 heavy (non-hydrogen) atoms. The summed E-state index contributed by atoms with van der Waals surface area (Å²) in [7, 11) is 0. The van der Waals surface area contributed by atoms with E-state index in [1.807, 2.05) is 220 Å². The van der Waals surface area contributed by atoms with Gasteiger partial charge in [0.2, 0.25) is 17.6 Å². The number of fused-ring (bicyclic) bond motifs is 30. The van der Waals surface area contributed by atoms with Crippen molar-refractivity contribution in [3.8, 4) is 17.6 Å². The molecule has 0 amide bonds. The molecule has 0 aliphatic rings. The summed E-state index contributed by atoms with van der Waals surface area (Å²) in [6, 6.07) is 63.2. The van der Waals surface area contributed by atoms with Crippen LogP contribution >= 0.6 is 0 Å². The summed E-state index contributed by atoms with van der Waals surface area (Å²) in [6.07, 6.45) is 0. The lowest BCUT2D eigenvalue weighted by atomic mass is 9.89. The molecule has 0 fully saturated rings. The van der Waals surface area contributed by atoms with Gasteiger partial charge in [-0.25, -0.2) is 15.0 Å². The lowest BCUT2D eigenvalue weighted by Crippen LogP contribution is -2.36. The molecule has 2 unspecified atom stereocenters. The van der Waals surface area contributed by atoms with Gasteiger partial charge in [-0.2, -0.15) is 0 Å². The quantitative estimate of drug-likeness (QED) is 0.0770. The van der Waals surface area contributed by atoms with Gasteiger partial charge >= 0.3 is 0 Å². The van der Waals surface area contributed by atoms with Gasteiger partial charge in [-0.05, 0) is 89.1 Å². The van der Waals surface area contributed by atoms with E-state index in [0.29, 0.717) is 179 Å². The van der Waals surface area contributed by atoms with E-state index in [9.17, 15) is 44.1 Å². The summed E-state index contributed by atoms with van der Waals surface area (Å²) in [6.45, 7) is 11.7. The van der Waals surface area contributed by atoms with E-state index in [1.165, 1.54) is 27.4 Å². The Morgan fingerprint density at radius 1 is 0.246 bits per heavy atom. The van der Waals surface area contributed by atoms with Gasteiger partial charge in [-0.3, -0.25) is 70.6 Å². The van der Waals surface area contributed by atoms with Crippen LogP contribution in [0.3, 0.4) is 0 Å². The minimum atomic E-state index is -0.598. The number of benzene rings is 14. The maximum absolute atomic E-state index is 15.1. The number of hydrogen-bond acceptors (Lipinski definition) is 15. The van der Waals surface area contributed by atoms with Crippen molar-refractivity contribution < 1.29 is 15.3 Å². The monoisotopic (exact) mass is 1650 g/mol. The third kappa shape index (κ3) is 9.13. The van der Waals surface area contributed by atoms with Crippen molar-refractivity contribution in [1.29, 1.82) is 0 Å². The summed E-state index contributed by atoms with van der Waals surface area (Å²) in [4.78, 5) is 154. The van der Waals surface area contributed by atoms with Crippen LogP contribution < -0.4 is 50.0 Å². The number of H-pyrrole nitrogens is 3. The molecule has 6 N–H and O–H groups in total. The summed E-state index contributed by atoms with van der Waals surface area (Å²) in [5.41, 5.74) is 4.94.